The van der Waals surface area contributed by atoms with E-state index in [2.05, 4.69) is 10.4 Å². The van der Waals surface area contributed by atoms with Crippen LogP contribution in [0.15, 0.2) is 36.4 Å². The summed E-state index contributed by atoms with van der Waals surface area (Å²) >= 11 is 0. The molecule has 0 aliphatic rings. The highest BCUT2D eigenvalue weighted by Gasteiger charge is 2.20. The summed E-state index contributed by atoms with van der Waals surface area (Å²) in [6, 6.07) is 11.3. The molecule has 6 heteroatoms. The second kappa shape index (κ2) is 7.03. The summed E-state index contributed by atoms with van der Waals surface area (Å²) in [6.07, 6.45) is 0.661. The average molecular weight is 338 g/mol. The van der Waals surface area contributed by atoms with Gasteiger partial charge in [-0.2, -0.15) is 5.10 Å². The van der Waals surface area contributed by atoms with Crippen molar-refractivity contribution < 1.29 is 9.90 Å². The largest absolute Gasteiger partial charge is 0.394 e. The fraction of sp³-hybridized carbons (Fsp3) is 0.316. The van der Waals surface area contributed by atoms with E-state index in [-0.39, 0.29) is 18.6 Å². The van der Waals surface area contributed by atoms with Gasteiger partial charge < -0.3 is 10.4 Å². The smallest absolute Gasteiger partial charge is 0.252 e. The van der Waals surface area contributed by atoms with Gasteiger partial charge >= 0.3 is 0 Å². The summed E-state index contributed by atoms with van der Waals surface area (Å²) < 4.78 is 1.69. The van der Waals surface area contributed by atoms with Gasteiger partial charge in [0.1, 0.15) is 0 Å². The number of pyridine rings is 1. The first-order valence-electron chi connectivity index (χ1n) is 8.36. The van der Waals surface area contributed by atoms with Crippen LogP contribution in [0.5, 0.6) is 0 Å². The van der Waals surface area contributed by atoms with Gasteiger partial charge in [-0.25, -0.2) is 4.98 Å². The summed E-state index contributed by atoms with van der Waals surface area (Å²) in [5.74, 6) is -0.221. The van der Waals surface area contributed by atoms with Crippen LogP contribution in [0.25, 0.3) is 22.3 Å². The van der Waals surface area contributed by atoms with Gasteiger partial charge in [0.15, 0.2) is 5.65 Å². The molecule has 2 aromatic heterocycles. The van der Waals surface area contributed by atoms with E-state index in [1.807, 2.05) is 51.2 Å². The Morgan fingerprint density at radius 1 is 1.32 bits per heavy atom. The molecule has 2 heterocycles. The Hall–Kier alpha value is -2.73. The number of amides is 1. The van der Waals surface area contributed by atoms with Crippen LogP contribution in [-0.2, 0) is 7.05 Å². The number of carbonyl (C=O) groups excluding carboxylic acids is 1. The zero-order valence-electron chi connectivity index (χ0n) is 14.7. The maximum absolute atomic E-state index is 12.8. The lowest BCUT2D eigenvalue weighted by Gasteiger charge is -2.15. The monoisotopic (exact) mass is 338 g/mol. The molecule has 0 aliphatic heterocycles. The third-order valence-corrected chi connectivity index (χ3v) is 4.33. The van der Waals surface area contributed by atoms with E-state index in [1.165, 1.54) is 0 Å². The van der Waals surface area contributed by atoms with Gasteiger partial charge in [-0.05, 0) is 19.4 Å². The number of aromatic nitrogens is 3. The Kier molecular flexibility index (Phi) is 4.81. The van der Waals surface area contributed by atoms with Gasteiger partial charge in [0.25, 0.3) is 5.91 Å². The molecular weight excluding hydrogens is 316 g/mol. The lowest BCUT2D eigenvalue weighted by molar-refractivity contribution is 0.0916. The molecule has 0 radical (unpaired) electrons. The van der Waals surface area contributed by atoms with Crippen molar-refractivity contribution >= 4 is 16.9 Å². The maximum Gasteiger partial charge on any atom is 0.252 e. The predicted molar refractivity (Wildman–Crippen MR) is 97.3 cm³/mol. The molecule has 6 nitrogen and oxygen atoms in total. The molecule has 0 fully saturated rings. The minimum absolute atomic E-state index is 0.0893. The van der Waals surface area contributed by atoms with Gasteiger partial charge in [-0.3, -0.25) is 9.48 Å². The predicted octanol–water partition coefficient (Wildman–Crippen LogP) is 2.44. The lowest BCUT2D eigenvalue weighted by Crippen LogP contribution is -2.37. The number of nitrogens with one attached hydrogen (secondary N) is 1. The van der Waals surface area contributed by atoms with Gasteiger partial charge in [-0.1, -0.05) is 37.3 Å². The third-order valence-electron chi connectivity index (χ3n) is 4.33. The van der Waals surface area contributed by atoms with Crippen LogP contribution in [0, 0.1) is 6.92 Å². The number of aliphatic hydroxyl groups is 1. The van der Waals surface area contributed by atoms with Crippen LogP contribution < -0.4 is 5.32 Å². The first-order chi connectivity index (χ1) is 12.0. The molecule has 1 unspecified atom stereocenters. The number of benzene rings is 1. The number of aryl methyl sites for hydroxylation is 2. The maximum atomic E-state index is 12.8. The normalized spacial score (nSPS) is 12.3. The standard InChI is InChI=1S/C19H22N4O2/c1-4-14(11-24)20-19(25)15-10-16(13-8-6-5-7-9-13)21-18-17(15)12(2)22-23(18)3/h5-10,14,24H,4,11H2,1-3H3,(H,20,25). The Morgan fingerprint density at radius 2 is 2.04 bits per heavy atom. The molecule has 1 atom stereocenters. The average Bonchev–Trinajstić information content (AvgIpc) is 2.93. The van der Waals surface area contributed by atoms with E-state index in [1.54, 1.807) is 10.7 Å². The molecular formula is C19H22N4O2. The van der Waals surface area contributed by atoms with E-state index in [9.17, 15) is 9.90 Å². The number of hydrogen-bond donors (Lipinski definition) is 2. The van der Waals surface area contributed by atoms with E-state index in [0.29, 0.717) is 17.6 Å². The van der Waals surface area contributed by atoms with E-state index in [0.717, 1.165) is 22.3 Å². The molecule has 3 rings (SSSR count). The quantitative estimate of drug-likeness (QED) is 0.749. The highest BCUT2D eigenvalue weighted by Crippen LogP contribution is 2.26. The number of fused-ring (bicyclic) bond motifs is 1. The molecule has 3 aromatic rings. The molecule has 2 N–H and O–H groups in total. The van der Waals surface area contributed by atoms with Crippen LogP contribution in [0.4, 0.5) is 0 Å². The summed E-state index contributed by atoms with van der Waals surface area (Å²) in [4.78, 5) is 17.5. The second-order valence-electron chi connectivity index (χ2n) is 6.09. The molecule has 130 valence electrons. The third kappa shape index (κ3) is 3.25. The Morgan fingerprint density at radius 3 is 2.68 bits per heavy atom. The fourth-order valence-electron chi connectivity index (χ4n) is 2.92. The fourth-order valence-corrected chi connectivity index (χ4v) is 2.92. The van der Waals surface area contributed by atoms with Gasteiger partial charge in [0, 0.05) is 12.6 Å². The minimum atomic E-state index is -0.270. The number of aliphatic hydroxyl groups excluding tert-OH is 1. The van der Waals surface area contributed by atoms with Crippen molar-refractivity contribution in [3.8, 4) is 11.3 Å². The van der Waals surface area contributed by atoms with Crippen LogP contribution >= 0.6 is 0 Å². The van der Waals surface area contributed by atoms with Crippen LogP contribution in [0.3, 0.4) is 0 Å². The Labute approximate surface area is 146 Å². The molecule has 0 saturated carbocycles. The van der Waals surface area contributed by atoms with Crippen LogP contribution in [-0.4, -0.2) is 38.4 Å². The summed E-state index contributed by atoms with van der Waals surface area (Å²) in [5.41, 5.74) is 3.61. The van der Waals surface area contributed by atoms with Crippen LogP contribution in [0.2, 0.25) is 0 Å². The van der Waals surface area contributed by atoms with Crippen molar-refractivity contribution in [3.63, 3.8) is 0 Å². The molecule has 0 bridgehead atoms. The number of nitrogens with zero attached hydrogens (tertiary/aromatic N) is 3. The molecule has 0 spiro atoms. The van der Waals surface area contributed by atoms with Crippen molar-refractivity contribution in [3.05, 3.63) is 47.7 Å². The van der Waals surface area contributed by atoms with Crippen molar-refractivity contribution in [2.45, 2.75) is 26.3 Å². The lowest BCUT2D eigenvalue weighted by atomic mass is 10.0. The summed E-state index contributed by atoms with van der Waals surface area (Å²) in [7, 11) is 1.82. The van der Waals surface area contributed by atoms with Gasteiger partial charge in [0.05, 0.1) is 35.0 Å². The van der Waals surface area contributed by atoms with E-state index < -0.39 is 0 Å². The van der Waals surface area contributed by atoms with E-state index in [4.69, 9.17) is 4.98 Å². The number of carbonyl (C=O) groups is 1. The van der Waals surface area contributed by atoms with Crippen LogP contribution in [0.1, 0.15) is 29.4 Å². The molecule has 25 heavy (non-hydrogen) atoms. The number of hydrogen-bond acceptors (Lipinski definition) is 4. The zero-order valence-corrected chi connectivity index (χ0v) is 14.7. The highest BCUT2D eigenvalue weighted by atomic mass is 16.3. The summed E-state index contributed by atoms with van der Waals surface area (Å²) in [5, 5.41) is 17.4. The highest BCUT2D eigenvalue weighted by molar-refractivity contribution is 6.07. The molecule has 1 amide bonds. The second-order valence-corrected chi connectivity index (χ2v) is 6.09. The molecule has 0 saturated heterocycles. The topological polar surface area (TPSA) is 80.0 Å². The van der Waals surface area contributed by atoms with Crippen molar-refractivity contribution in [1.82, 2.24) is 20.1 Å². The van der Waals surface area contributed by atoms with Gasteiger partial charge in [0.2, 0.25) is 0 Å². The number of rotatable bonds is 5. The SMILES string of the molecule is CCC(CO)NC(=O)c1cc(-c2ccccc2)nc2c1c(C)nn2C. The molecule has 0 aliphatic carbocycles. The van der Waals surface area contributed by atoms with Crippen molar-refractivity contribution in [1.29, 1.82) is 0 Å². The Balaban J connectivity index is 2.17. The minimum Gasteiger partial charge on any atom is -0.394 e. The summed E-state index contributed by atoms with van der Waals surface area (Å²) in [6.45, 7) is 3.70. The Bertz CT molecular complexity index is 899. The first kappa shape index (κ1) is 17.1. The first-order valence-corrected chi connectivity index (χ1v) is 8.36. The molecule has 1 aromatic carbocycles. The van der Waals surface area contributed by atoms with E-state index >= 15 is 0 Å². The van der Waals surface area contributed by atoms with Gasteiger partial charge in [-0.15, -0.1) is 0 Å². The van der Waals surface area contributed by atoms with Crippen molar-refractivity contribution in [2.75, 3.05) is 6.61 Å². The van der Waals surface area contributed by atoms with Crippen molar-refractivity contribution in [2.24, 2.45) is 7.05 Å². The zero-order chi connectivity index (χ0) is 18.0.